The highest BCUT2D eigenvalue weighted by molar-refractivity contribution is 5.95. The smallest absolute Gasteiger partial charge is 0.271 e. The van der Waals surface area contributed by atoms with Crippen molar-refractivity contribution in [2.45, 2.75) is 0 Å². The molecule has 2 heterocycles. The lowest BCUT2D eigenvalue weighted by atomic mass is 10.2. The average Bonchev–Trinajstić information content (AvgIpc) is 2.56. The monoisotopic (exact) mass is 292 g/mol. The Morgan fingerprint density at radius 2 is 1.95 bits per heavy atom. The molecule has 0 unspecified atom stereocenters. The fourth-order valence-electron chi connectivity index (χ4n) is 1.94. The Kier molecular flexibility index (Phi) is 3.74. The summed E-state index contributed by atoms with van der Waals surface area (Å²) in [5.41, 5.74) is 3.90. The van der Waals surface area contributed by atoms with Crippen molar-refractivity contribution in [1.29, 1.82) is 0 Å². The second-order valence-electron chi connectivity index (χ2n) is 4.52. The van der Waals surface area contributed by atoms with Gasteiger partial charge in [-0.1, -0.05) is 18.2 Å². The molecule has 2 N–H and O–H groups in total. The summed E-state index contributed by atoms with van der Waals surface area (Å²) in [5, 5.41) is 14.5. The SMILES string of the molecule is O=C(NN=Cc1ccc2cccc(O)c2n1)c1ccncc1. The van der Waals surface area contributed by atoms with E-state index in [1.54, 1.807) is 30.3 Å². The van der Waals surface area contributed by atoms with Gasteiger partial charge in [-0.25, -0.2) is 10.4 Å². The van der Waals surface area contributed by atoms with Gasteiger partial charge in [-0.2, -0.15) is 5.10 Å². The molecule has 2 aromatic heterocycles. The molecule has 0 radical (unpaired) electrons. The first kappa shape index (κ1) is 13.7. The maximum absolute atomic E-state index is 11.8. The third-order valence-electron chi connectivity index (χ3n) is 3.03. The molecule has 0 aliphatic carbocycles. The Hall–Kier alpha value is -3.28. The summed E-state index contributed by atoms with van der Waals surface area (Å²) in [6.45, 7) is 0. The zero-order valence-electron chi connectivity index (χ0n) is 11.5. The van der Waals surface area contributed by atoms with Gasteiger partial charge in [-0.05, 0) is 24.3 Å². The topological polar surface area (TPSA) is 87.5 Å². The third-order valence-corrected chi connectivity index (χ3v) is 3.03. The number of hydrogen-bond acceptors (Lipinski definition) is 5. The van der Waals surface area contributed by atoms with Crippen molar-refractivity contribution in [3.63, 3.8) is 0 Å². The number of aromatic hydroxyl groups is 1. The van der Waals surface area contributed by atoms with Gasteiger partial charge in [0.25, 0.3) is 5.91 Å². The van der Waals surface area contributed by atoms with E-state index >= 15 is 0 Å². The molecule has 0 saturated heterocycles. The fourth-order valence-corrected chi connectivity index (χ4v) is 1.94. The number of nitrogens with one attached hydrogen (secondary N) is 1. The van der Waals surface area contributed by atoms with Gasteiger partial charge >= 0.3 is 0 Å². The van der Waals surface area contributed by atoms with E-state index in [0.29, 0.717) is 16.8 Å². The number of hydrazone groups is 1. The maximum atomic E-state index is 11.8. The molecule has 0 aliphatic rings. The lowest BCUT2D eigenvalue weighted by Crippen LogP contribution is -2.17. The van der Waals surface area contributed by atoms with Gasteiger partial charge in [0.15, 0.2) is 0 Å². The fraction of sp³-hybridized carbons (Fsp3) is 0. The lowest BCUT2D eigenvalue weighted by molar-refractivity contribution is 0.0955. The van der Waals surface area contributed by atoms with E-state index in [2.05, 4.69) is 20.5 Å². The van der Waals surface area contributed by atoms with Crippen molar-refractivity contribution in [2.24, 2.45) is 5.10 Å². The first-order valence-electron chi connectivity index (χ1n) is 6.56. The zero-order valence-corrected chi connectivity index (χ0v) is 11.5. The van der Waals surface area contributed by atoms with Gasteiger partial charge in [0.05, 0.1) is 11.9 Å². The lowest BCUT2D eigenvalue weighted by Gasteiger charge is -2.01. The standard InChI is InChI=1S/C16H12N4O2/c21-14-3-1-2-11-4-5-13(19-15(11)14)10-18-20-16(22)12-6-8-17-9-7-12/h1-10,21H,(H,20,22). The van der Waals surface area contributed by atoms with E-state index in [9.17, 15) is 9.90 Å². The minimum atomic E-state index is -0.331. The van der Waals surface area contributed by atoms with E-state index in [1.165, 1.54) is 18.6 Å². The minimum Gasteiger partial charge on any atom is -0.506 e. The molecule has 0 bridgehead atoms. The molecule has 0 saturated carbocycles. The molecule has 0 atom stereocenters. The second kappa shape index (κ2) is 6.01. The molecule has 3 aromatic rings. The van der Waals surface area contributed by atoms with Crippen LogP contribution in [0.25, 0.3) is 10.9 Å². The number of aromatic nitrogens is 2. The number of hydrogen-bond donors (Lipinski definition) is 2. The Balaban J connectivity index is 1.76. The van der Waals surface area contributed by atoms with Gasteiger partial charge in [-0.15, -0.1) is 0 Å². The Morgan fingerprint density at radius 1 is 1.14 bits per heavy atom. The van der Waals surface area contributed by atoms with Crippen LogP contribution in [-0.4, -0.2) is 27.2 Å². The van der Waals surface area contributed by atoms with Crippen molar-refractivity contribution >= 4 is 23.0 Å². The predicted molar refractivity (Wildman–Crippen MR) is 82.7 cm³/mol. The molecule has 0 aliphatic heterocycles. The zero-order chi connectivity index (χ0) is 15.4. The van der Waals surface area contributed by atoms with Crippen molar-refractivity contribution in [1.82, 2.24) is 15.4 Å². The van der Waals surface area contributed by atoms with E-state index in [4.69, 9.17) is 0 Å². The number of rotatable bonds is 3. The molecule has 0 spiro atoms. The Labute approximate surface area is 126 Å². The molecule has 1 aromatic carbocycles. The molecule has 6 heteroatoms. The number of benzene rings is 1. The van der Waals surface area contributed by atoms with Crippen LogP contribution < -0.4 is 5.43 Å². The first-order chi connectivity index (χ1) is 10.7. The Morgan fingerprint density at radius 3 is 2.77 bits per heavy atom. The molecule has 108 valence electrons. The summed E-state index contributed by atoms with van der Waals surface area (Å²) in [7, 11) is 0. The molecule has 0 fully saturated rings. The highest BCUT2D eigenvalue weighted by atomic mass is 16.3. The number of phenols is 1. The van der Waals surface area contributed by atoms with Crippen LogP contribution in [0.15, 0.2) is 60.0 Å². The molecule has 3 rings (SSSR count). The number of nitrogens with zero attached hydrogens (tertiary/aromatic N) is 3. The summed E-state index contributed by atoms with van der Waals surface area (Å²) >= 11 is 0. The third kappa shape index (κ3) is 2.90. The van der Waals surface area contributed by atoms with Crippen LogP contribution >= 0.6 is 0 Å². The van der Waals surface area contributed by atoms with Crippen molar-refractivity contribution < 1.29 is 9.90 Å². The van der Waals surface area contributed by atoms with E-state index in [0.717, 1.165) is 5.39 Å². The van der Waals surface area contributed by atoms with Gasteiger partial charge in [0, 0.05) is 23.3 Å². The summed E-state index contributed by atoms with van der Waals surface area (Å²) in [4.78, 5) is 19.9. The van der Waals surface area contributed by atoms with Gasteiger partial charge in [0.1, 0.15) is 11.3 Å². The van der Waals surface area contributed by atoms with E-state index < -0.39 is 0 Å². The molecular weight excluding hydrogens is 280 g/mol. The predicted octanol–water partition coefficient (Wildman–Crippen LogP) is 2.10. The molecular formula is C16H12N4O2. The van der Waals surface area contributed by atoms with Crippen molar-refractivity contribution in [3.05, 3.63) is 66.1 Å². The van der Waals surface area contributed by atoms with Gasteiger partial charge in [-0.3, -0.25) is 9.78 Å². The molecule has 22 heavy (non-hydrogen) atoms. The number of para-hydroxylation sites is 1. The molecule has 6 nitrogen and oxygen atoms in total. The summed E-state index contributed by atoms with van der Waals surface area (Å²) in [5.74, 6) is -0.226. The van der Waals surface area contributed by atoms with Crippen LogP contribution in [0.5, 0.6) is 5.75 Å². The van der Waals surface area contributed by atoms with Crippen LogP contribution in [0.3, 0.4) is 0 Å². The van der Waals surface area contributed by atoms with Gasteiger partial charge < -0.3 is 5.11 Å². The highest BCUT2D eigenvalue weighted by Gasteiger charge is 2.03. The maximum Gasteiger partial charge on any atom is 0.271 e. The number of phenolic OH excluding ortho intramolecular Hbond substituents is 1. The second-order valence-corrected chi connectivity index (χ2v) is 4.52. The first-order valence-corrected chi connectivity index (χ1v) is 6.56. The summed E-state index contributed by atoms with van der Waals surface area (Å²) in [6.07, 6.45) is 4.49. The van der Waals surface area contributed by atoms with E-state index in [1.807, 2.05) is 12.1 Å². The van der Waals surface area contributed by atoms with Crippen LogP contribution in [-0.2, 0) is 0 Å². The van der Waals surface area contributed by atoms with Crippen LogP contribution in [0.2, 0.25) is 0 Å². The number of carbonyl (C=O) groups is 1. The van der Waals surface area contributed by atoms with Crippen LogP contribution in [0, 0.1) is 0 Å². The van der Waals surface area contributed by atoms with Crippen LogP contribution in [0.1, 0.15) is 16.1 Å². The number of fused-ring (bicyclic) bond motifs is 1. The number of amides is 1. The highest BCUT2D eigenvalue weighted by Crippen LogP contribution is 2.21. The van der Waals surface area contributed by atoms with Crippen molar-refractivity contribution in [2.75, 3.05) is 0 Å². The summed E-state index contributed by atoms with van der Waals surface area (Å²) in [6, 6.07) is 11.9. The van der Waals surface area contributed by atoms with E-state index in [-0.39, 0.29) is 11.7 Å². The van der Waals surface area contributed by atoms with Crippen molar-refractivity contribution in [3.8, 4) is 5.75 Å². The number of pyridine rings is 2. The molecule has 1 amide bonds. The van der Waals surface area contributed by atoms with Gasteiger partial charge in [0.2, 0.25) is 0 Å². The number of carbonyl (C=O) groups excluding carboxylic acids is 1. The minimum absolute atomic E-state index is 0.105. The largest absolute Gasteiger partial charge is 0.506 e. The normalized spacial score (nSPS) is 10.9. The van der Waals surface area contributed by atoms with Crippen LogP contribution in [0.4, 0.5) is 0 Å². The summed E-state index contributed by atoms with van der Waals surface area (Å²) < 4.78 is 0. The quantitative estimate of drug-likeness (QED) is 0.571. The average molecular weight is 292 g/mol. The Bertz CT molecular complexity index is 847.